The quantitative estimate of drug-likeness (QED) is 0.0439. The van der Waals surface area contributed by atoms with Crippen LogP contribution in [0.2, 0.25) is 0 Å². The van der Waals surface area contributed by atoms with Gasteiger partial charge in [0.1, 0.15) is 5.78 Å². The Morgan fingerprint density at radius 2 is 0.897 bits per heavy atom. The van der Waals surface area contributed by atoms with Gasteiger partial charge in [-0.2, -0.15) is 0 Å². The highest BCUT2D eigenvalue weighted by Crippen LogP contribution is 2.39. The van der Waals surface area contributed by atoms with Gasteiger partial charge in [0, 0.05) is 38.9 Å². The summed E-state index contributed by atoms with van der Waals surface area (Å²) in [5.41, 5.74) is 1.31. The summed E-state index contributed by atoms with van der Waals surface area (Å²) in [6.45, 7) is 30.5. The molecule has 0 saturated carbocycles. The Morgan fingerprint density at radius 3 is 1.45 bits per heavy atom. The van der Waals surface area contributed by atoms with Crippen LogP contribution in [0.4, 0.5) is 9.59 Å². The minimum Gasteiger partial charge on any atom is -0.466 e. The van der Waals surface area contributed by atoms with Gasteiger partial charge in [0.25, 0.3) is 0 Å². The standard InChI is InChI=1S/C49H95N3O6/c1-40(36-48(9,10)38-46(3,4)5)26-25-28-42(53)27-19-15-13-18-22-32-52-45(56)58-35-24-23-34-57-43(54)29-20-16-14-17-21-31-50-44(55)51-33-30-41(2)37-49(11,12)39-47(6,7)8/h40-41H,13-39H2,1-12H3,(H,52,56)(H2,50,51,55). The van der Waals surface area contributed by atoms with Crippen molar-refractivity contribution < 1.29 is 28.7 Å². The number of nitrogens with one attached hydrogen (secondary N) is 3. The van der Waals surface area contributed by atoms with Crippen LogP contribution in [0.1, 0.15) is 224 Å². The summed E-state index contributed by atoms with van der Waals surface area (Å²) in [5, 5.41) is 8.76. The monoisotopic (exact) mass is 822 g/mol. The molecule has 3 amide bonds. The molecule has 0 saturated heterocycles. The molecule has 9 nitrogen and oxygen atoms in total. The molecule has 0 fully saturated rings. The number of hydrogen-bond donors (Lipinski definition) is 3. The first-order chi connectivity index (χ1) is 27.0. The number of ketones is 1. The topological polar surface area (TPSA) is 123 Å². The van der Waals surface area contributed by atoms with E-state index in [9.17, 15) is 19.2 Å². The lowest BCUT2D eigenvalue weighted by Crippen LogP contribution is -2.37. The lowest BCUT2D eigenvalue weighted by molar-refractivity contribution is -0.144. The largest absolute Gasteiger partial charge is 0.466 e. The second-order valence-electron chi connectivity index (χ2n) is 21.8. The van der Waals surface area contributed by atoms with Gasteiger partial charge < -0.3 is 25.4 Å². The molecule has 0 aromatic carbocycles. The van der Waals surface area contributed by atoms with E-state index in [2.05, 4.69) is 99.0 Å². The fourth-order valence-electron chi connectivity index (χ4n) is 9.35. The number of ether oxygens (including phenoxy) is 2. The summed E-state index contributed by atoms with van der Waals surface area (Å²) in [7, 11) is 0. The predicted molar refractivity (Wildman–Crippen MR) is 243 cm³/mol. The average molecular weight is 822 g/mol. The van der Waals surface area contributed by atoms with Crippen LogP contribution in [0.25, 0.3) is 0 Å². The first-order valence-corrected chi connectivity index (χ1v) is 23.6. The molecule has 342 valence electrons. The molecule has 0 spiro atoms. The SMILES string of the molecule is CC(CCCC(=O)CCCCCCCNC(=O)OCCCCOC(=O)CCCCCCCNC(=O)NCCC(C)CC(C)(C)CC(C)(C)C)CC(C)(C)CC(C)(C)C. The lowest BCUT2D eigenvalue weighted by Gasteiger charge is -2.34. The Balaban J connectivity index is 3.60. The molecule has 0 bridgehead atoms. The number of amides is 3. The van der Waals surface area contributed by atoms with Gasteiger partial charge in [0.2, 0.25) is 0 Å². The van der Waals surface area contributed by atoms with Crippen molar-refractivity contribution in [3.8, 4) is 0 Å². The van der Waals surface area contributed by atoms with E-state index in [-0.39, 0.29) is 12.0 Å². The minimum absolute atomic E-state index is 0.0878. The van der Waals surface area contributed by atoms with Gasteiger partial charge in [0.15, 0.2) is 0 Å². The van der Waals surface area contributed by atoms with E-state index in [0.29, 0.717) is 104 Å². The molecule has 0 heterocycles. The van der Waals surface area contributed by atoms with Crippen LogP contribution < -0.4 is 16.0 Å². The zero-order chi connectivity index (χ0) is 44.1. The van der Waals surface area contributed by atoms with Gasteiger partial charge in [-0.3, -0.25) is 9.59 Å². The maximum atomic E-state index is 12.3. The third-order valence-electron chi connectivity index (χ3n) is 10.7. The summed E-state index contributed by atoms with van der Waals surface area (Å²) >= 11 is 0. The normalized spacial score (nSPS) is 13.4. The Kier molecular flexibility index (Phi) is 29.4. The van der Waals surface area contributed by atoms with Crippen LogP contribution in [-0.4, -0.2) is 56.7 Å². The van der Waals surface area contributed by atoms with E-state index >= 15 is 0 Å². The van der Waals surface area contributed by atoms with Crippen LogP contribution in [0.3, 0.4) is 0 Å². The maximum Gasteiger partial charge on any atom is 0.407 e. The Hall–Kier alpha value is -2.32. The number of alkyl carbamates (subject to hydrolysis) is 1. The fourth-order valence-corrected chi connectivity index (χ4v) is 9.35. The van der Waals surface area contributed by atoms with Crippen LogP contribution in [0.15, 0.2) is 0 Å². The van der Waals surface area contributed by atoms with Crippen molar-refractivity contribution in [2.45, 2.75) is 224 Å². The number of urea groups is 1. The smallest absolute Gasteiger partial charge is 0.407 e. The first kappa shape index (κ1) is 55.7. The molecule has 0 aliphatic rings. The highest BCUT2D eigenvalue weighted by atomic mass is 16.5. The van der Waals surface area contributed by atoms with Crippen molar-refractivity contribution in [1.29, 1.82) is 0 Å². The van der Waals surface area contributed by atoms with Crippen LogP contribution >= 0.6 is 0 Å². The first-order valence-electron chi connectivity index (χ1n) is 23.6. The van der Waals surface area contributed by atoms with Crippen molar-refractivity contribution in [2.24, 2.45) is 33.5 Å². The molecule has 0 aromatic rings. The number of rotatable bonds is 34. The number of carbonyl (C=O) groups excluding carboxylic acids is 4. The van der Waals surface area contributed by atoms with E-state index in [4.69, 9.17) is 9.47 Å². The average Bonchev–Trinajstić information content (AvgIpc) is 3.05. The highest BCUT2D eigenvalue weighted by Gasteiger charge is 2.28. The van der Waals surface area contributed by atoms with E-state index in [1.807, 2.05) is 0 Å². The molecule has 3 N–H and O–H groups in total. The fraction of sp³-hybridized carbons (Fsp3) is 0.918. The van der Waals surface area contributed by atoms with Crippen molar-refractivity contribution in [2.75, 3.05) is 32.8 Å². The van der Waals surface area contributed by atoms with Gasteiger partial charge >= 0.3 is 18.1 Å². The van der Waals surface area contributed by atoms with E-state index in [1.54, 1.807) is 0 Å². The third-order valence-corrected chi connectivity index (χ3v) is 10.7. The molecule has 0 rings (SSSR count). The van der Waals surface area contributed by atoms with Crippen LogP contribution in [0.5, 0.6) is 0 Å². The Labute approximate surface area is 358 Å². The summed E-state index contributed by atoms with van der Waals surface area (Å²) in [4.78, 5) is 48.5. The predicted octanol–water partition coefficient (Wildman–Crippen LogP) is 13.1. The molecular weight excluding hydrogens is 727 g/mol. The summed E-state index contributed by atoms with van der Waals surface area (Å²) in [6, 6.07) is -0.0878. The van der Waals surface area contributed by atoms with Crippen molar-refractivity contribution in [3.63, 3.8) is 0 Å². The molecule has 0 aliphatic carbocycles. The lowest BCUT2D eigenvalue weighted by atomic mass is 9.71. The van der Waals surface area contributed by atoms with Crippen LogP contribution in [0, 0.1) is 33.5 Å². The van der Waals surface area contributed by atoms with Gasteiger partial charge in [-0.25, -0.2) is 9.59 Å². The maximum absolute atomic E-state index is 12.3. The molecule has 0 radical (unpaired) electrons. The second-order valence-corrected chi connectivity index (χ2v) is 21.8. The molecule has 58 heavy (non-hydrogen) atoms. The Morgan fingerprint density at radius 1 is 0.466 bits per heavy atom. The van der Waals surface area contributed by atoms with E-state index in [1.165, 1.54) is 19.3 Å². The van der Waals surface area contributed by atoms with E-state index < -0.39 is 6.09 Å². The summed E-state index contributed by atoms with van der Waals surface area (Å²) < 4.78 is 10.6. The van der Waals surface area contributed by atoms with Crippen molar-refractivity contribution in [3.05, 3.63) is 0 Å². The number of carbonyl (C=O) groups is 4. The number of hydrogen-bond acceptors (Lipinski definition) is 6. The second kappa shape index (κ2) is 30.7. The number of esters is 1. The summed E-state index contributed by atoms with van der Waals surface area (Å²) in [5.74, 6) is 1.44. The highest BCUT2D eigenvalue weighted by molar-refractivity contribution is 5.78. The molecule has 2 unspecified atom stereocenters. The van der Waals surface area contributed by atoms with Crippen LogP contribution in [-0.2, 0) is 19.1 Å². The molecule has 2 atom stereocenters. The molecule has 0 aromatic heterocycles. The van der Waals surface area contributed by atoms with Gasteiger partial charge in [-0.05, 0) is 111 Å². The Bertz CT molecular complexity index is 1020. The third kappa shape index (κ3) is 37.9. The summed E-state index contributed by atoms with van der Waals surface area (Å²) in [6.07, 6.45) is 20.4. The van der Waals surface area contributed by atoms with Gasteiger partial charge in [-0.15, -0.1) is 0 Å². The van der Waals surface area contributed by atoms with Crippen molar-refractivity contribution in [1.82, 2.24) is 16.0 Å². The van der Waals surface area contributed by atoms with Gasteiger partial charge in [-0.1, -0.05) is 128 Å². The molecular formula is C49H95N3O6. The zero-order valence-corrected chi connectivity index (χ0v) is 40.2. The molecule has 0 aliphatic heterocycles. The van der Waals surface area contributed by atoms with Gasteiger partial charge in [0.05, 0.1) is 13.2 Å². The minimum atomic E-state index is -0.402. The van der Waals surface area contributed by atoms with E-state index in [0.717, 1.165) is 89.9 Å². The number of Topliss-reactive ketones (excluding diaryl/α,β-unsaturated/α-hetero) is 1. The number of unbranched alkanes of at least 4 members (excludes halogenated alkanes) is 9. The van der Waals surface area contributed by atoms with Crippen molar-refractivity contribution >= 4 is 23.9 Å². The zero-order valence-electron chi connectivity index (χ0n) is 40.2. The molecule has 9 heteroatoms.